The zero-order valence-corrected chi connectivity index (χ0v) is 16.6. The Morgan fingerprint density at radius 2 is 1.87 bits per heavy atom. The highest BCUT2D eigenvalue weighted by Gasteiger charge is 2.39. The number of anilines is 1. The lowest BCUT2D eigenvalue weighted by atomic mass is 9.84. The molecule has 1 atom stereocenters. The molecule has 2 heterocycles. The van der Waals surface area contributed by atoms with Crippen molar-refractivity contribution < 1.29 is 22.4 Å². The van der Waals surface area contributed by atoms with E-state index in [1.54, 1.807) is 12.1 Å². The molecule has 10 heteroatoms. The van der Waals surface area contributed by atoms with Crippen molar-refractivity contribution in [3.63, 3.8) is 0 Å². The molecule has 1 aliphatic rings. The summed E-state index contributed by atoms with van der Waals surface area (Å²) >= 11 is 1.11. The maximum Gasteiger partial charge on any atom is 0.416 e. The first-order valence-electron chi connectivity index (χ1n) is 9.20. The van der Waals surface area contributed by atoms with Gasteiger partial charge in [-0.05, 0) is 29.3 Å². The highest BCUT2D eigenvalue weighted by atomic mass is 32.2. The second-order valence-electron chi connectivity index (χ2n) is 6.94. The maximum absolute atomic E-state index is 13.5. The minimum absolute atomic E-state index is 0.0218. The van der Waals surface area contributed by atoms with Crippen molar-refractivity contribution >= 4 is 23.5 Å². The van der Waals surface area contributed by atoms with E-state index < -0.39 is 34.9 Å². The highest BCUT2D eigenvalue weighted by Crippen LogP contribution is 2.41. The van der Waals surface area contributed by atoms with Crippen molar-refractivity contribution in [2.75, 3.05) is 5.32 Å². The van der Waals surface area contributed by atoms with Gasteiger partial charge in [-0.25, -0.2) is 9.37 Å². The van der Waals surface area contributed by atoms with Crippen LogP contribution < -0.4 is 10.9 Å². The Morgan fingerprint density at radius 1 is 1.10 bits per heavy atom. The fourth-order valence-electron chi connectivity index (χ4n) is 3.52. The van der Waals surface area contributed by atoms with Crippen LogP contribution in [0.15, 0.2) is 58.5 Å². The third-order valence-corrected chi connectivity index (χ3v) is 5.78. The van der Waals surface area contributed by atoms with Crippen molar-refractivity contribution in [3.8, 4) is 0 Å². The van der Waals surface area contributed by atoms with Crippen molar-refractivity contribution in [3.05, 3.63) is 87.0 Å². The first kappa shape index (κ1) is 21.1. The van der Waals surface area contributed by atoms with E-state index in [0.29, 0.717) is 11.3 Å². The standard InChI is InChI=1S/C21H15F4N3O2S/c22-12-5-3-4-11(8-12)10-31-20-27-18-17(19(30)28-20)14(9-16(29)26-18)13-6-1-2-7-15(13)21(23,24)25/h1-8,14H,9-10H2,(H2,26,27,28,29,30). The number of nitrogens with zero attached hydrogens (tertiary/aromatic N) is 1. The molecule has 0 bridgehead atoms. The Morgan fingerprint density at radius 3 is 2.61 bits per heavy atom. The molecule has 0 aliphatic carbocycles. The molecule has 0 spiro atoms. The molecule has 5 nitrogen and oxygen atoms in total. The number of aromatic amines is 1. The molecular formula is C21H15F4N3O2S. The summed E-state index contributed by atoms with van der Waals surface area (Å²) in [6, 6.07) is 10.8. The summed E-state index contributed by atoms with van der Waals surface area (Å²) in [5, 5.41) is 2.65. The zero-order valence-electron chi connectivity index (χ0n) is 15.8. The van der Waals surface area contributed by atoms with Crippen LogP contribution in [0.3, 0.4) is 0 Å². The fourth-order valence-corrected chi connectivity index (χ4v) is 4.33. The van der Waals surface area contributed by atoms with Crippen LogP contribution in [0.25, 0.3) is 0 Å². The number of alkyl halides is 3. The summed E-state index contributed by atoms with van der Waals surface area (Å²) in [5.41, 5.74) is -1.05. The average Bonchev–Trinajstić information content (AvgIpc) is 2.71. The summed E-state index contributed by atoms with van der Waals surface area (Å²) in [5.74, 6) is -1.78. The molecular weight excluding hydrogens is 434 g/mol. The first-order chi connectivity index (χ1) is 14.7. The molecule has 0 radical (unpaired) electrons. The lowest BCUT2D eigenvalue weighted by Gasteiger charge is -2.26. The SMILES string of the molecule is O=C1CC(c2ccccc2C(F)(F)F)c2c(nc(SCc3cccc(F)c3)[nH]c2=O)N1. The van der Waals surface area contributed by atoms with Gasteiger partial charge in [-0.3, -0.25) is 9.59 Å². The van der Waals surface area contributed by atoms with Gasteiger partial charge in [-0.1, -0.05) is 42.1 Å². The summed E-state index contributed by atoms with van der Waals surface area (Å²) in [6.07, 6.45) is -4.94. The molecule has 1 unspecified atom stereocenters. The number of carbonyl (C=O) groups excluding carboxylic acids is 1. The van der Waals surface area contributed by atoms with Crippen LogP contribution in [0.1, 0.15) is 34.6 Å². The Balaban J connectivity index is 1.71. The maximum atomic E-state index is 13.5. The Labute approximate surface area is 177 Å². The topological polar surface area (TPSA) is 74.8 Å². The second kappa shape index (κ2) is 8.18. The van der Waals surface area contributed by atoms with Gasteiger partial charge in [-0.15, -0.1) is 0 Å². The summed E-state index contributed by atoms with van der Waals surface area (Å²) in [6.45, 7) is 0. The Bertz CT molecular complexity index is 1210. The molecule has 0 fully saturated rings. The quantitative estimate of drug-likeness (QED) is 0.344. The first-order valence-corrected chi connectivity index (χ1v) is 10.2. The van der Waals surface area contributed by atoms with Gasteiger partial charge >= 0.3 is 6.18 Å². The lowest BCUT2D eigenvalue weighted by molar-refractivity contribution is -0.138. The monoisotopic (exact) mass is 449 g/mol. The van der Waals surface area contributed by atoms with Gasteiger partial charge in [0.25, 0.3) is 5.56 Å². The highest BCUT2D eigenvalue weighted by molar-refractivity contribution is 7.98. The molecule has 4 rings (SSSR count). The number of benzene rings is 2. The molecule has 160 valence electrons. The molecule has 0 saturated heterocycles. The summed E-state index contributed by atoms with van der Waals surface area (Å²) < 4.78 is 53.8. The number of rotatable bonds is 4. The number of halogens is 4. The molecule has 1 amide bonds. The van der Waals surface area contributed by atoms with Crippen LogP contribution in [0.2, 0.25) is 0 Å². The minimum atomic E-state index is -4.63. The van der Waals surface area contributed by atoms with Crippen LogP contribution in [-0.4, -0.2) is 15.9 Å². The molecule has 1 aliphatic heterocycles. The molecule has 31 heavy (non-hydrogen) atoms. The van der Waals surface area contributed by atoms with E-state index in [4.69, 9.17) is 0 Å². The van der Waals surface area contributed by atoms with Crippen LogP contribution in [0, 0.1) is 5.82 Å². The smallest absolute Gasteiger partial charge is 0.310 e. The normalized spacial score (nSPS) is 16.0. The average molecular weight is 449 g/mol. The molecule has 3 aromatic rings. The molecule has 1 aromatic heterocycles. The third kappa shape index (κ3) is 4.48. The molecule has 0 saturated carbocycles. The largest absolute Gasteiger partial charge is 0.416 e. The number of amides is 1. The van der Waals surface area contributed by atoms with E-state index in [1.807, 2.05) is 0 Å². The third-order valence-electron chi connectivity index (χ3n) is 4.84. The van der Waals surface area contributed by atoms with Gasteiger partial charge in [-0.2, -0.15) is 13.2 Å². The number of fused-ring (bicyclic) bond motifs is 1. The zero-order chi connectivity index (χ0) is 22.2. The summed E-state index contributed by atoms with van der Waals surface area (Å²) in [4.78, 5) is 31.8. The number of carbonyl (C=O) groups is 1. The van der Waals surface area contributed by atoms with Crippen molar-refractivity contribution in [1.29, 1.82) is 0 Å². The van der Waals surface area contributed by atoms with E-state index in [9.17, 15) is 27.2 Å². The number of aromatic nitrogens is 2. The number of hydrogen-bond donors (Lipinski definition) is 2. The van der Waals surface area contributed by atoms with E-state index in [1.165, 1.54) is 30.3 Å². The van der Waals surface area contributed by atoms with Crippen molar-refractivity contribution in [2.24, 2.45) is 0 Å². The van der Waals surface area contributed by atoms with Crippen LogP contribution in [-0.2, 0) is 16.7 Å². The van der Waals surface area contributed by atoms with Crippen molar-refractivity contribution in [1.82, 2.24) is 9.97 Å². The number of hydrogen-bond acceptors (Lipinski definition) is 4. The second-order valence-corrected chi connectivity index (χ2v) is 7.91. The van der Waals surface area contributed by atoms with E-state index in [0.717, 1.165) is 17.8 Å². The van der Waals surface area contributed by atoms with Crippen molar-refractivity contribution in [2.45, 2.75) is 29.4 Å². The summed E-state index contributed by atoms with van der Waals surface area (Å²) in [7, 11) is 0. The van der Waals surface area contributed by atoms with Crippen LogP contribution in [0.5, 0.6) is 0 Å². The number of H-pyrrole nitrogens is 1. The lowest BCUT2D eigenvalue weighted by Crippen LogP contribution is -2.32. The van der Waals surface area contributed by atoms with Gasteiger partial charge in [0, 0.05) is 18.1 Å². The van der Waals surface area contributed by atoms with Crippen LogP contribution in [0.4, 0.5) is 23.4 Å². The Kier molecular flexibility index (Phi) is 5.57. The van der Waals surface area contributed by atoms with E-state index >= 15 is 0 Å². The number of nitrogens with one attached hydrogen (secondary N) is 2. The molecule has 2 N–H and O–H groups in total. The Hall–Kier alpha value is -3.14. The van der Waals surface area contributed by atoms with E-state index in [2.05, 4.69) is 15.3 Å². The van der Waals surface area contributed by atoms with Gasteiger partial charge in [0.2, 0.25) is 5.91 Å². The van der Waals surface area contributed by atoms with Gasteiger partial charge in [0.15, 0.2) is 5.16 Å². The predicted octanol–water partition coefficient (Wildman–Crippen LogP) is 4.69. The van der Waals surface area contributed by atoms with E-state index in [-0.39, 0.29) is 28.5 Å². The number of thioether (sulfide) groups is 1. The van der Waals surface area contributed by atoms with Gasteiger partial charge in [0.1, 0.15) is 11.6 Å². The van der Waals surface area contributed by atoms with Gasteiger partial charge in [0.05, 0.1) is 11.1 Å². The van der Waals surface area contributed by atoms with Crippen LogP contribution >= 0.6 is 11.8 Å². The van der Waals surface area contributed by atoms with Gasteiger partial charge < -0.3 is 10.3 Å². The molecule has 2 aromatic carbocycles. The predicted molar refractivity (Wildman–Crippen MR) is 107 cm³/mol. The minimum Gasteiger partial charge on any atom is -0.310 e. The fraction of sp³-hybridized carbons (Fsp3) is 0.190.